The number of amides is 2. The van der Waals surface area contributed by atoms with E-state index in [1.165, 1.54) is 0 Å². The normalized spacial score (nSPS) is 10.8. The lowest BCUT2D eigenvalue weighted by Gasteiger charge is -2.12. The molecule has 5 nitrogen and oxygen atoms in total. The Hall–Kier alpha value is -2.47. The van der Waals surface area contributed by atoms with E-state index in [-0.39, 0.29) is 24.7 Å². The summed E-state index contributed by atoms with van der Waals surface area (Å²) in [6, 6.07) is 11.6. The average molecular weight is 416 g/mol. The van der Waals surface area contributed by atoms with E-state index < -0.39 is 0 Å². The van der Waals surface area contributed by atoms with Crippen molar-refractivity contribution in [3.05, 3.63) is 63.1 Å². The monoisotopic (exact) mass is 415 g/mol. The topological polar surface area (TPSA) is 70.6 Å². The van der Waals surface area contributed by atoms with Crippen LogP contribution in [0.15, 0.2) is 46.0 Å². The molecule has 0 radical (unpaired) electrons. The predicted molar refractivity (Wildman–Crippen MR) is 108 cm³/mol. The first-order chi connectivity index (χ1) is 12.3. The number of halogens is 1. The molecule has 0 aliphatic carbocycles. The number of rotatable bonds is 6. The smallest absolute Gasteiger partial charge is 0.240 e. The van der Waals surface area contributed by atoms with E-state index in [0.29, 0.717) is 0 Å². The second-order valence-electron chi connectivity index (χ2n) is 6.17. The molecule has 26 heavy (non-hydrogen) atoms. The molecule has 0 aromatic heterocycles. The maximum Gasteiger partial charge on any atom is 0.240 e. The van der Waals surface area contributed by atoms with E-state index in [1.807, 2.05) is 57.2 Å². The van der Waals surface area contributed by atoms with Crippen LogP contribution in [0.4, 0.5) is 5.69 Å². The molecule has 2 aromatic carbocycles. The summed E-state index contributed by atoms with van der Waals surface area (Å²) in [4.78, 5) is 23.9. The van der Waals surface area contributed by atoms with Gasteiger partial charge in [0.1, 0.15) is 0 Å². The third-order valence-electron chi connectivity index (χ3n) is 3.79. The van der Waals surface area contributed by atoms with Crippen LogP contribution in [0.25, 0.3) is 0 Å². The van der Waals surface area contributed by atoms with E-state index in [0.717, 1.165) is 32.4 Å². The Balaban J connectivity index is 1.80. The predicted octanol–water partition coefficient (Wildman–Crippen LogP) is 4.24. The Morgan fingerprint density at radius 3 is 2.19 bits per heavy atom. The summed E-state index contributed by atoms with van der Waals surface area (Å²) in [5.74, 6) is -0.488. The van der Waals surface area contributed by atoms with Crippen LogP contribution >= 0.6 is 15.9 Å². The minimum absolute atomic E-state index is 0.0769. The number of hydrazone groups is 1. The summed E-state index contributed by atoms with van der Waals surface area (Å²) in [6.45, 7) is 5.93. The van der Waals surface area contributed by atoms with Gasteiger partial charge in [-0.25, -0.2) is 5.43 Å². The molecular formula is C20H22BrN3O2. The Morgan fingerprint density at radius 2 is 1.58 bits per heavy atom. The van der Waals surface area contributed by atoms with Crippen LogP contribution < -0.4 is 10.7 Å². The van der Waals surface area contributed by atoms with Gasteiger partial charge in [-0.3, -0.25) is 9.59 Å². The Bertz CT molecular complexity index is 806. The molecule has 0 aliphatic heterocycles. The molecule has 0 heterocycles. The molecule has 0 spiro atoms. The Morgan fingerprint density at radius 1 is 1.00 bits per heavy atom. The summed E-state index contributed by atoms with van der Waals surface area (Å²) < 4.78 is 0.976. The number of hydrogen-bond donors (Lipinski definition) is 2. The molecule has 0 saturated carbocycles. The zero-order valence-corrected chi connectivity index (χ0v) is 16.7. The van der Waals surface area contributed by atoms with Gasteiger partial charge in [0.2, 0.25) is 11.8 Å². The van der Waals surface area contributed by atoms with Crippen molar-refractivity contribution in [1.29, 1.82) is 0 Å². The molecule has 2 N–H and O–H groups in total. The minimum atomic E-state index is -0.300. The van der Waals surface area contributed by atoms with Crippen molar-refractivity contribution in [3.8, 4) is 0 Å². The summed E-state index contributed by atoms with van der Waals surface area (Å²) >= 11 is 3.35. The highest BCUT2D eigenvalue weighted by molar-refractivity contribution is 9.10. The van der Waals surface area contributed by atoms with Crippen molar-refractivity contribution in [1.82, 2.24) is 5.43 Å². The second-order valence-corrected chi connectivity index (χ2v) is 7.08. The number of benzene rings is 2. The molecule has 2 aromatic rings. The van der Waals surface area contributed by atoms with Gasteiger partial charge in [-0.2, -0.15) is 5.10 Å². The van der Waals surface area contributed by atoms with E-state index in [1.54, 1.807) is 6.21 Å². The second kappa shape index (κ2) is 9.29. The van der Waals surface area contributed by atoms with Gasteiger partial charge in [0.15, 0.2) is 0 Å². The molecule has 0 unspecified atom stereocenters. The SMILES string of the molecule is Cc1cc(C)c(NC(=O)CCC(=O)N/N=C/c2ccc(Br)cc2)c(C)c1. The molecule has 6 heteroatoms. The van der Waals surface area contributed by atoms with Gasteiger partial charge in [-0.1, -0.05) is 45.8 Å². The number of nitrogens with zero attached hydrogens (tertiary/aromatic N) is 1. The summed E-state index contributed by atoms with van der Waals surface area (Å²) in [5.41, 5.74) is 7.30. The highest BCUT2D eigenvalue weighted by Gasteiger charge is 2.10. The molecule has 136 valence electrons. The van der Waals surface area contributed by atoms with Crippen molar-refractivity contribution in [3.63, 3.8) is 0 Å². The van der Waals surface area contributed by atoms with Crippen LogP contribution in [-0.4, -0.2) is 18.0 Å². The first-order valence-electron chi connectivity index (χ1n) is 8.30. The number of nitrogens with one attached hydrogen (secondary N) is 2. The third-order valence-corrected chi connectivity index (χ3v) is 4.32. The van der Waals surface area contributed by atoms with Gasteiger partial charge in [0.25, 0.3) is 0 Å². The summed E-state index contributed by atoms with van der Waals surface area (Å²) in [5, 5.41) is 6.79. The number of aryl methyl sites for hydroxylation is 3. The fraction of sp³-hybridized carbons (Fsp3) is 0.250. The quantitative estimate of drug-likeness (QED) is 0.546. The number of anilines is 1. The molecule has 0 atom stereocenters. The standard InChI is InChI=1S/C20H22BrN3O2/c1-13-10-14(2)20(15(3)11-13)23-18(25)8-9-19(26)24-22-12-16-4-6-17(21)7-5-16/h4-7,10-12H,8-9H2,1-3H3,(H,23,25)(H,24,26)/b22-12+. The lowest BCUT2D eigenvalue weighted by atomic mass is 10.0. The highest BCUT2D eigenvalue weighted by atomic mass is 79.9. The van der Waals surface area contributed by atoms with Crippen molar-refractivity contribution >= 4 is 39.6 Å². The van der Waals surface area contributed by atoms with Gasteiger partial charge in [0, 0.05) is 23.0 Å². The maximum absolute atomic E-state index is 12.1. The molecule has 0 bridgehead atoms. The Kier molecular flexibility index (Phi) is 7.09. The summed E-state index contributed by atoms with van der Waals surface area (Å²) in [7, 11) is 0. The van der Waals surface area contributed by atoms with E-state index in [4.69, 9.17) is 0 Å². The number of carbonyl (C=O) groups excluding carboxylic acids is 2. The highest BCUT2D eigenvalue weighted by Crippen LogP contribution is 2.22. The fourth-order valence-corrected chi connectivity index (χ4v) is 2.85. The number of carbonyl (C=O) groups is 2. The zero-order chi connectivity index (χ0) is 19.1. The maximum atomic E-state index is 12.1. The lowest BCUT2D eigenvalue weighted by molar-refractivity contribution is -0.124. The largest absolute Gasteiger partial charge is 0.326 e. The van der Waals surface area contributed by atoms with Crippen LogP contribution in [0, 0.1) is 20.8 Å². The molecule has 0 aliphatic rings. The molecule has 0 fully saturated rings. The van der Waals surface area contributed by atoms with Crippen LogP contribution in [0.1, 0.15) is 35.1 Å². The van der Waals surface area contributed by atoms with Gasteiger partial charge >= 0.3 is 0 Å². The van der Waals surface area contributed by atoms with Crippen LogP contribution in [0.3, 0.4) is 0 Å². The van der Waals surface area contributed by atoms with Crippen LogP contribution in [0.2, 0.25) is 0 Å². The van der Waals surface area contributed by atoms with E-state index in [2.05, 4.69) is 31.8 Å². The molecule has 2 rings (SSSR count). The summed E-state index contributed by atoms with van der Waals surface area (Å²) in [6.07, 6.45) is 1.74. The first-order valence-corrected chi connectivity index (χ1v) is 9.09. The van der Waals surface area contributed by atoms with Crippen molar-refractivity contribution in [2.24, 2.45) is 5.10 Å². The minimum Gasteiger partial charge on any atom is -0.326 e. The number of hydrogen-bond acceptors (Lipinski definition) is 3. The molecule has 2 amide bonds. The fourth-order valence-electron chi connectivity index (χ4n) is 2.59. The first kappa shape index (κ1) is 19.8. The van der Waals surface area contributed by atoms with E-state index in [9.17, 15) is 9.59 Å². The average Bonchev–Trinajstić information content (AvgIpc) is 2.58. The van der Waals surface area contributed by atoms with Crippen LogP contribution in [-0.2, 0) is 9.59 Å². The van der Waals surface area contributed by atoms with E-state index >= 15 is 0 Å². The van der Waals surface area contributed by atoms with Gasteiger partial charge in [0.05, 0.1) is 6.21 Å². The van der Waals surface area contributed by atoms with Gasteiger partial charge < -0.3 is 5.32 Å². The molecule has 0 saturated heterocycles. The van der Waals surface area contributed by atoms with Gasteiger partial charge in [-0.15, -0.1) is 0 Å². The Labute approximate surface area is 162 Å². The van der Waals surface area contributed by atoms with Crippen molar-refractivity contribution < 1.29 is 9.59 Å². The van der Waals surface area contributed by atoms with Crippen molar-refractivity contribution in [2.75, 3.05) is 5.32 Å². The lowest BCUT2D eigenvalue weighted by Crippen LogP contribution is -2.21. The molecular weight excluding hydrogens is 394 g/mol. The third kappa shape index (κ3) is 6.11. The van der Waals surface area contributed by atoms with Crippen molar-refractivity contribution in [2.45, 2.75) is 33.6 Å². The van der Waals surface area contributed by atoms with Crippen LogP contribution in [0.5, 0.6) is 0 Å². The zero-order valence-electron chi connectivity index (χ0n) is 15.1. The van der Waals surface area contributed by atoms with Gasteiger partial charge in [-0.05, 0) is 49.6 Å².